The Morgan fingerprint density at radius 1 is 1.17 bits per heavy atom. The summed E-state index contributed by atoms with van der Waals surface area (Å²) >= 11 is 6.01. The first-order chi connectivity index (χ1) is 11.5. The molecule has 1 aromatic heterocycles. The summed E-state index contributed by atoms with van der Waals surface area (Å²) in [5.41, 5.74) is 1.77. The summed E-state index contributed by atoms with van der Waals surface area (Å²) in [7, 11) is 0. The minimum absolute atomic E-state index is 0.195. The quantitative estimate of drug-likeness (QED) is 0.780. The average Bonchev–Trinajstić information content (AvgIpc) is 2.93. The van der Waals surface area contributed by atoms with Gasteiger partial charge >= 0.3 is 0 Å². The third-order valence-electron chi connectivity index (χ3n) is 3.72. The van der Waals surface area contributed by atoms with Crippen molar-refractivity contribution in [3.8, 4) is 0 Å². The second-order valence-corrected chi connectivity index (χ2v) is 5.84. The van der Waals surface area contributed by atoms with Crippen LogP contribution in [0.2, 0.25) is 5.02 Å². The number of amides is 1. The van der Waals surface area contributed by atoms with Gasteiger partial charge in [0.2, 0.25) is 5.91 Å². The van der Waals surface area contributed by atoms with Gasteiger partial charge in [-0.25, -0.2) is 4.39 Å². The van der Waals surface area contributed by atoms with Crippen LogP contribution in [0.15, 0.2) is 48.7 Å². The van der Waals surface area contributed by atoms with E-state index in [9.17, 15) is 14.0 Å². The number of fused-ring (bicyclic) bond motifs is 1. The van der Waals surface area contributed by atoms with Gasteiger partial charge in [-0.2, -0.15) is 0 Å². The van der Waals surface area contributed by atoms with Crippen LogP contribution in [0.25, 0.3) is 10.9 Å². The minimum Gasteiger partial charge on any atom is -0.348 e. The molecule has 0 spiro atoms. The Balaban J connectivity index is 1.90. The summed E-state index contributed by atoms with van der Waals surface area (Å²) in [5, 5.41) is 3.86. The van der Waals surface area contributed by atoms with E-state index in [1.54, 1.807) is 30.3 Å². The fourth-order valence-corrected chi connectivity index (χ4v) is 2.70. The Morgan fingerprint density at radius 2 is 1.88 bits per heavy atom. The van der Waals surface area contributed by atoms with Crippen molar-refractivity contribution in [2.45, 2.75) is 13.5 Å². The fourth-order valence-electron chi connectivity index (χ4n) is 2.52. The van der Waals surface area contributed by atoms with Crippen molar-refractivity contribution < 1.29 is 14.0 Å². The first kappa shape index (κ1) is 16.2. The lowest BCUT2D eigenvalue weighted by atomic mass is 10.1. The minimum atomic E-state index is -0.329. The number of benzene rings is 2. The second kappa shape index (κ2) is 6.45. The van der Waals surface area contributed by atoms with Crippen LogP contribution in [0.5, 0.6) is 0 Å². The predicted molar refractivity (Wildman–Crippen MR) is 90.8 cm³/mol. The van der Waals surface area contributed by atoms with Crippen LogP contribution in [0.1, 0.15) is 27.6 Å². The number of hydrogen-bond donors (Lipinski definition) is 1. The van der Waals surface area contributed by atoms with Crippen molar-refractivity contribution in [3.63, 3.8) is 0 Å². The molecule has 0 fully saturated rings. The third-order valence-corrected chi connectivity index (χ3v) is 3.95. The highest BCUT2D eigenvalue weighted by Crippen LogP contribution is 2.25. The zero-order chi connectivity index (χ0) is 17.3. The highest BCUT2D eigenvalue weighted by atomic mass is 35.5. The van der Waals surface area contributed by atoms with E-state index in [4.69, 9.17) is 11.6 Å². The number of hydrogen-bond acceptors (Lipinski definition) is 2. The predicted octanol–water partition coefficient (Wildman–Crippen LogP) is 4.02. The Labute approximate surface area is 142 Å². The molecule has 6 heteroatoms. The maximum atomic E-state index is 12.9. The van der Waals surface area contributed by atoms with Crippen LogP contribution in [0, 0.1) is 5.82 Å². The summed E-state index contributed by atoms with van der Waals surface area (Å²) in [6.45, 7) is 1.68. The van der Waals surface area contributed by atoms with Gasteiger partial charge in [0.05, 0.1) is 11.1 Å². The zero-order valence-corrected chi connectivity index (χ0v) is 13.6. The molecular weight excluding hydrogens is 331 g/mol. The first-order valence-corrected chi connectivity index (χ1v) is 7.67. The van der Waals surface area contributed by atoms with E-state index in [-0.39, 0.29) is 24.2 Å². The molecule has 0 saturated heterocycles. The Hall–Kier alpha value is -2.66. The monoisotopic (exact) mass is 344 g/mol. The normalized spacial score (nSPS) is 10.8. The summed E-state index contributed by atoms with van der Waals surface area (Å²) in [5.74, 6) is -0.851. The highest BCUT2D eigenvalue weighted by Gasteiger charge is 2.17. The van der Waals surface area contributed by atoms with Gasteiger partial charge in [-0.3, -0.25) is 14.2 Å². The number of halogens is 2. The molecule has 0 atom stereocenters. The Bertz CT molecular complexity index is 932. The topological polar surface area (TPSA) is 51.1 Å². The van der Waals surface area contributed by atoms with E-state index in [2.05, 4.69) is 5.32 Å². The van der Waals surface area contributed by atoms with E-state index >= 15 is 0 Å². The molecule has 0 radical (unpaired) electrons. The van der Waals surface area contributed by atoms with Crippen molar-refractivity contribution in [3.05, 3.63) is 70.6 Å². The van der Waals surface area contributed by atoms with Crippen LogP contribution in [-0.2, 0) is 6.54 Å². The van der Waals surface area contributed by atoms with Crippen LogP contribution < -0.4 is 5.32 Å². The van der Waals surface area contributed by atoms with Crippen molar-refractivity contribution in [1.82, 2.24) is 9.88 Å². The van der Waals surface area contributed by atoms with Crippen LogP contribution >= 0.6 is 11.6 Å². The zero-order valence-electron chi connectivity index (χ0n) is 12.8. The molecule has 1 heterocycles. The molecule has 1 N–H and O–H groups in total. The lowest BCUT2D eigenvalue weighted by Gasteiger charge is -2.04. The smallest absolute Gasteiger partial charge is 0.253 e. The van der Waals surface area contributed by atoms with E-state index < -0.39 is 0 Å². The highest BCUT2D eigenvalue weighted by molar-refractivity contribution is 6.31. The summed E-state index contributed by atoms with van der Waals surface area (Å²) in [4.78, 5) is 24.2. The molecule has 0 unspecified atom stereocenters. The molecule has 4 nitrogen and oxygen atoms in total. The molecule has 3 aromatic rings. The molecular formula is C18H14ClFN2O2. The van der Waals surface area contributed by atoms with Gasteiger partial charge in [-0.15, -0.1) is 0 Å². The summed E-state index contributed by atoms with van der Waals surface area (Å²) < 4.78 is 14.3. The molecule has 0 aliphatic heterocycles. The summed E-state index contributed by atoms with van der Waals surface area (Å²) in [6.07, 6.45) is 1.50. The van der Waals surface area contributed by atoms with E-state index in [0.717, 1.165) is 5.56 Å². The van der Waals surface area contributed by atoms with E-state index in [0.29, 0.717) is 21.5 Å². The lowest BCUT2D eigenvalue weighted by molar-refractivity contribution is 0.0941. The lowest BCUT2D eigenvalue weighted by Crippen LogP contribution is -2.22. The third kappa shape index (κ3) is 3.16. The second-order valence-electron chi connectivity index (χ2n) is 5.40. The fraction of sp³-hybridized carbons (Fsp3) is 0.111. The number of carbonyl (C=O) groups excluding carboxylic acids is 2. The Kier molecular flexibility index (Phi) is 4.36. The number of carbonyl (C=O) groups is 2. The number of nitrogens with one attached hydrogen (secondary N) is 1. The molecule has 2 aromatic carbocycles. The van der Waals surface area contributed by atoms with Crippen LogP contribution in [-0.4, -0.2) is 16.4 Å². The number of nitrogens with zero attached hydrogens (tertiary/aromatic N) is 1. The molecule has 0 saturated carbocycles. The molecule has 3 rings (SSSR count). The maximum absolute atomic E-state index is 12.9. The van der Waals surface area contributed by atoms with Crippen molar-refractivity contribution in [1.29, 1.82) is 0 Å². The number of rotatable bonds is 3. The standard InChI is InChI=1S/C18H14ClFN2O2/c1-11(23)22-10-16(15-8-13(19)4-7-17(15)22)18(24)21-9-12-2-5-14(20)6-3-12/h2-8,10H,9H2,1H3,(H,21,24). The van der Waals surface area contributed by atoms with Gasteiger partial charge in [0.25, 0.3) is 5.91 Å². The number of aromatic nitrogens is 1. The van der Waals surface area contributed by atoms with E-state index in [1.807, 2.05) is 0 Å². The van der Waals surface area contributed by atoms with Crippen molar-refractivity contribution in [2.75, 3.05) is 0 Å². The molecule has 24 heavy (non-hydrogen) atoms. The van der Waals surface area contributed by atoms with Crippen molar-refractivity contribution in [2.24, 2.45) is 0 Å². The van der Waals surface area contributed by atoms with Gasteiger partial charge in [0.1, 0.15) is 5.82 Å². The van der Waals surface area contributed by atoms with Crippen molar-refractivity contribution >= 4 is 34.3 Å². The van der Waals surface area contributed by atoms with Crippen LogP contribution in [0.3, 0.4) is 0 Å². The maximum Gasteiger partial charge on any atom is 0.253 e. The Morgan fingerprint density at radius 3 is 2.54 bits per heavy atom. The molecule has 0 aliphatic carbocycles. The first-order valence-electron chi connectivity index (χ1n) is 7.30. The largest absolute Gasteiger partial charge is 0.348 e. The van der Waals surface area contributed by atoms with Gasteiger partial charge < -0.3 is 5.32 Å². The summed E-state index contributed by atoms with van der Waals surface area (Å²) in [6, 6.07) is 10.9. The molecule has 122 valence electrons. The van der Waals surface area contributed by atoms with Gasteiger partial charge in [0, 0.05) is 30.1 Å². The van der Waals surface area contributed by atoms with E-state index in [1.165, 1.54) is 29.8 Å². The average molecular weight is 345 g/mol. The van der Waals surface area contributed by atoms with Gasteiger partial charge in [-0.1, -0.05) is 23.7 Å². The van der Waals surface area contributed by atoms with Gasteiger partial charge in [-0.05, 0) is 35.9 Å². The molecule has 1 amide bonds. The van der Waals surface area contributed by atoms with Gasteiger partial charge in [0.15, 0.2) is 0 Å². The molecule has 0 aliphatic rings. The van der Waals surface area contributed by atoms with Crippen LogP contribution in [0.4, 0.5) is 4.39 Å². The molecule has 0 bridgehead atoms. The SMILES string of the molecule is CC(=O)n1cc(C(=O)NCc2ccc(F)cc2)c2cc(Cl)ccc21.